The molecule has 0 aliphatic carbocycles. The number of amides is 1. The number of halogens is 1. The van der Waals surface area contributed by atoms with Crippen molar-refractivity contribution in [3.05, 3.63) is 53.3 Å². The van der Waals surface area contributed by atoms with Crippen LogP contribution in [0, 0.1) is 5.82 Å². The third-order valence-corrected chi connectivity index (χ3v) is 3.82. The fourth-order valence-electron chi connectivity index (χ4n) is 2.47. The van der Waals surface area contributed by atoms with E-state index < -0.39 is 5.82 Å². The van der Waals surface area contributed by atoms with Gasteiger partial charge in [0.15, 0.2) is 6.73 Å². The Hall–Kier alpha value is -2.56. The molecule has 1 amide bonds. The van der Waals surface area contributed by atoms with Crippen molar-refractivity contribution in [3.63, 3.8) is 0 Å². The number of ether oxygens (including phenoxy) is 1. The molecule has 2 aromatic carbocycles. The Balaban J connectivity index is 1.95. The summed E-state index contributed by atoms with van der Waals surface area (Å²) in [7, 11) is 1.62. The third kappa shape index (κ3) is 2.39. The van der Waals surface area contributed by atoms with Gasteiger partial charge in [-0.05, 0) is 30.2 Å². The van der Waals surface area contributed by atoms with Crippen molar-refractivity contribution in [1.29, 1.82) is 0 Å². The van der Waals surface area contributed by atoms with Crippen LogP contribution in [-0.2, 0) is 6.42 Å². The average Bonchev–Trinajstić information content (AvgIpc) is 2.55. The summed E-state index contributed by atoms with van der Waals surface area (Å²) in [4.78, 5) is 14.1. The standard InChI is InChI=1S/C17H17FN2O2/c1-3-11-4-6-12(7-5-11)20-10-22-16-9-15(19-2)14(18)8-13(16)17(20)21/h4-9,19H,3,10H2,1-2H3. The molecule has 0 atom stereocenters. The summed E-state index contributed by atoms with van der Waals surface area (Å²) >= 11 is 0. The normalized spacial score (nSPS) is 13.6. The molecule has 0 unspecified atom stereocenters. The lowest BCUT2D eigenvalue weighted by Gasteiger charge is -2.29. The van der Waals surface area contributed by atoms with E-state index >= 15 is 0 Å². The molecule has 22 heavy (non-hydrogen) atoms. The number of fused-ring (bicyclic) bond motifs is 1. The molecule has 2 aromatic rings. The summed E-state index contributed by atoms with van der Waals surface area (Å²) in [6.07, 6.45) is 0.936. The Morgan fingerprint density at radius 1 is 1.27 bits per heavy atom. The first kappa shape index (κ1) is 14.4. The fourth-order valence-corrected chi connectivity index (χ4v) is 2.47. The average molecular weight is 300 g/mol. The summed E-state index contributed by atoms with van der Waals surface area (Å²) in [6.45, 7) is 2.19. The largest absolute Gasteiger partial charge is 0.472 e. The van der Waals surface area contributed by atoms with Gasteiger partial charge in [0.05, 0.1) is 11.3 Å². The van der Waals surface area contributed by atoms with Gasteiger partial charge in [-0.3, -0.25) is 9.69 Å². The van der Waals surface area contributed by atoms with Crippen LogP contribution >= 0.6 is 0 Å². The van der Waals surface area contributed by atoms with Crippen LogP contribution in [0.25, 0.3) is 0 Å². The van der Waals surface area contributed by atoms with E-state index in [1.54, 1.807) is 7.05 Å². The van der Waals surface area contributed by atoms with Crippen molar-refractivity contribution in [2.45, 2.75) is 13.3 Å². The molecule has 0 bridgehead atoms. The van der Waals surface area contributed by atoms with E-state index in [1.165, 1.54) is 22.6 Å². The fraction of sp³-hybridized carbons (Fsp3) is 0.235. The lowest BCUT2D eigenvalue weighted by Crippen LogP contribution is -2.38. The summed E-state index contributed by atoms with van der Waals surface area (Å²) in [5.41, 5.74) is 2.49. The number of nitrogens with zero attached hydrogens (tertiary/aromatic N) is 1. The molecule has 1 heterocycles. The van der Waals surface area contributed by atoms with Crippen LogP contribution in [-0.4, -0.2) is 19.7 Å². The van der Waals surface area contributed by atoms with Gasteiger partial charge in [-0.2, -0.15) is 0 Å². The van der Waals surface area contributed by atoms with Crippen LogP contribution in [0.5, 0.6) is 5.75 Å². The number of hydrogen-bond acceptors (Lipinski definition) is 3. The maximum absolute atomic E-state index is 13.9. The maximum atomic E-state index is 13.9. The maximum Gasteiger partial charge on any atom is 0.264 e. The number of aryl methyl sites for hydroxylation is 1. The minimum Gasteiger partial charge on any atom is -0.472 e. The quantitative estimate of drug-likeness (QED) is 0.944. The highest BCUT2D eigenvalue weighted by molar-refractivity contribution is 6.09. The predicted molar refractivity (Wildman–Crippen MR) is 84.1 cm³/mol. The molecule has 3 rings (SSSR count). The molecular formula is C17H17FN2O2. The second-order valence-electron chi connectivity index (χ2n) is 5.10. The Kier molecular flexibility index (Phi) is 3.71. The smallest absolute Gasteiger partial charge is 0.264 e. The molecule has 0 radical (unpaired) electrons. The highest BCUT2D eigenvalue weighted by atomic mass is 19.1. The van der Waals surface area contributed by atoms with Crippen LogP contribution in [0.3, 0.4) is 0 Å². The van der Waals surface area contributed by atoms with Crippen LogP contribution < -0.4 is 15.0 Å². The summed E-state index contributed by atoms with van der Waals surface area (Å²) in [5, 5.41) is 2.74. The van der Waals surface area contributed by atoms with Crippen molar-refractivity contribution in [1.82, 2.24) is 0 Å². The first-order valence-corrected chi connectivity index (χ1v) is 7.19. The monoisotopic (exact) mass is 300 g/mol. The van der Waals surface area contributed by atoms with Gasteiger partial charge in [-0.25, -0.2) is 4.39 Å². The topological polar surface area (TPSA) is 41.6 Å². The molecule has 1 N–H and O–H groups in total. The lowest BCUT2D eigenvalue weighted by molar-refractivity contribution is 0.0936. The molecule has 0 saturated carbocycles. The van der Waals surface area contributed by atoms with Crippen LogP contribution in [0.15, 0.2) is 36.4 Å². The zero-order valence-electron chi connectivity index (χ0n) is 12.5. The van der Waals surface area contributed by atoms with E-state index in [4.69, 9.17) is 4.74 Å². The van der Waals surface area contributed by atoms with Gasteiger partial charge in [0.1, 0.15) is 11.6 Å². The Morgan fingerprint density at radius 3 is 2.64 bits per heavy atom. The highest BCUT2D eigenvalue weighted by Gasteiger charge is 2.28. The highest BCUT2D eigenvalue weighted by Crippen LogP contribution is 2.32. The van der Waals surface area contributed by atoms with E-state index in [0.717, 1.165) is 12.1 Å². The second-order valence-corrected chi connectivity index (χ2v) is 5.10. The summed E-state index contributed by atoms with van der Waals surface area (Å²) in [5.74, 6) is -0.328. The Labute approximate surface area is 128 Å². The summed E-state index contributed by atoms with van der Waals surface area (Å²) < 4.78 is 19.5. The molecule has 1 aliphatic heterocycles. The SMILES string of the molecule is CCc1ccc(N2COc3cc(NC)c(F)cc3C2=O)cc1. The van der Waals surface area contributed by atoms with Crippen molar-refractivity contribution < 1.29 is 13.9 Å². The van der Waals surface area contributed by atoms with Gasteiger partial charge in [-0.1, -0.05) is 19.1 Å². The molecule has 5 heteroatoms. The molecule has 0 spiro atoms. The van der Waals surface area contributed by atoms with Gasteiger partial charge in [0.25, 0.3) is 5.91 Å². The first-order chi connectivity index (χ1) is 10.6. The number of nitrogens with one attached hydrogen (secondary N) is 1. The van der Waals surface area contributed by atoms with Crippen LogP contribution in [0.4, 0.5) is 15.8 Å². The zero-order chi connectivity index (χ0) is 15.7. The zero-order valence-corrected chi connectivity index (χ0v) is 12.5. The molecule has 0 aromatic heterocycles. The van der Waals surface area contributed by atoms with Gasteiger partial charge in [0, 0.05) is 18.8 Å². The van der Waals surface area contributed by atoms with Crippen LogP contribution in [0.1, 0.15) is 22.8 Å². The second kappa shape index (κ2) is 5.67. The lowest BCUT2D eigenvalue weighted by atomic mass is 10.1. The van der Waals surface area contributed by atoms with Crippen molar-refractivity contribution in [2.75, 3.05) is 24.0 Å². The van der Waals surface area contributed by atoms with E-state index in [2.05, 4.69) is 12.2 Å². The van der Waals surface area contributed by atoms with E-state index in [1.807, 2.05) is 24.3 Å². The number of anilines is 2. The number of carbonyl (C=O) groups is 1. The van der Waals surface area contributed by atoms with Crippen LogP contribution in [0.2, 0.25) is 0 Å². The molecule has 1 aliphatic rings. The predicted octanol–water partition coefficient (Wildman–Crippen LogP) is 3.43. The van der Waals surface area contributed by atoms with Gasteiger partial charge in [0.2, 0.25) is 0 Å². The van der Waals surface area contributed by atoms with E-state index in [-0.39, 0.29) is 18.2 Å². The van der Waals surface area contributed by atoms with Gasteiger partial charge in [-0.15, -0.1) is 0 Å². The number of carbonyl (C=O) groups excluding carboxylic acids is 1. The number of rotatable bonds is 3. The molecule has 4 nitrogen and oxygen atoms in total. The minimum absolute atomic E-state index is 0.117. The Bertz CT molecular complexity index is 713. The van der Waals surface area contributed by atoms with Gasteiger partial charge < -0.3 is 10.1 Å². The summed E-state index contributed by atoms with van der Waals surface area (Å²) in [6, 6.07) is 10.4. The van der Waals surface area contributed by atoms with E-state index in [9.17, 15) is 9.18 Å². The molecule has 0 fully saturated rings. The Morgan fingerprint density at radius 2 is 2.00 bits per heavy atom. The van der Waals surface area contributed by atoms with Crippen molar-refractivity contribution in [3.8, 4) is 5.75 Å². The van der Waals surface area contributed by atoms with E-state index in [0.29, 0.717) is 11.4 Å². The molecular weight excluding hydrogens is 283 g/mol. The number of benzene rings is 2. The first-order valence-electron chi connectivity index (χ1n) is 7.19. The van der Waals surface area contributed by atoms with Crippen molar-refractivity contribution >= 4 is 17.3 Å². The molecule has 114 valence electrons. The van der Waals surface area contributed by atoms with Gasteiger partial charge >= 0.3 is 0 Å². The minimum atomic E-state index is -0.471. The number of hydrogen-bond donors (Lipinski definition) is 1. The third-order valence-electron chi connectivity index (χ3n) is 3.82. The molecule has 0 saturated heterocycles. The van der Waals surface area contributed by atoms with Crippen molar-refractivity contribution in [2.24, 2.45) is 0 Å².